The molecule has 2 N–H and O–H groups in total. The van der Waals surface area contributed by atoms with Gasteiger partial charge in [0.1, 0.15) is 0 Å². The van der Waals surface area contributed by atoms with Gasteiger partial charge in [0.2, 0.25) is 0 Å². The van der Waals surface area contributed by atoms with Crippen LogP contribution in [0.2, 0.25) is 0 Å². The van der Waals surface area contributed by atoms with Crippen LogP contribution in [-0.2, 0) is 6.18 Å². The molecule has 1 aliphatic rings. The number of hydrogen-bond acceptors (Lipinski definition) is 3. The number of hydrogen-bond donors (Lipinski definition) is 2. The van der Waals surface area contributed by atoms with Gasteiger partial charge < -0.3 is 14.9 Å². The first kappa shape index (κ1) is 15.2. The average molecular weight is 287 g/mol. The lowest BCUT2D eigenvalue weighted by atomic mass is 9.76. The third-order valence-electron chi connectivity index (χ3n) is 3.76. The number of halogens is 3. The molecule has 0 spiro atoms. The second kappa shape index (κ2) is 5.65. The monoisotopic (exact) mass is 287 g/mol. The Morgan fingerprint density at radius 1 is 1.25 bits per heavy atom. The Bertz CT molecular complexity index is 479. The van der Waals surface area contributed by atoms with Gasteiger partial charge >= 0.3 is 13.3 Å². The van der Waals surface area contributed by atoms with E-state index in [0.29, 0.717) is 5.69 Å². The zero-order chi connectivity index (χ0) is 14.9. The smallest absolute Gasteiger partial charge is 0.423 e. The van der Waals surface area contributed by atoms with Crippen LogP contribution in [0.25, 0.3) is 0 Å². The average Bonchev–Trinajstić information content (AvgIpc) is 2.37. The molecule has 1 heterocycles. The van der Waals surface area contributed by atoms with E-state index in [2.05, 4.69) is 0 Å². The van der Waals surface area contributed by atoms with E-state index in [9.17, 15) is 13.2 Å². The molecule has 20 heavy (non-hydrogen) atoms. The van der Waals surface area contributed by atoms with E-state index in [1.165, 1.54) is 6.07 Å². The van der Waals surface area contributed by atoms with Gasteiger partial charge in [-0.1, -0.05) is 6.07 Å². The van der Waals surface area contributed by atoms with Crippen molar-refractivity contribution >= 4 is 18.3 Å². The molecular weight excluding hydrogens is 270 g/mol. The van der Waals surface area contributed by atoms with Crippen molar-refractivity contribution in [1.82, 2.24) is 0 Å². The van der Waals surface area contributed by atoms with Crippen molar-refractivity contribution in [2.45, 2.75) is 38.4 Å². The number of anilines is 1. The Balaban J connectivity index is 2.41. The fraction of sp³-hybridized carbons (Fsp3) is 0.538. The van der Waals surface area contributed by atoms with Crippen LogP contribution in [0.3, 0.4) is 0 Å². The van der Waals surface area contributed by atoms with Gasteiger partial charge in [0.15, 0.2) is 0 Å². The highest BCUT2D eigenvalue weighted by Crippen LogP contribution is 2.32. The lowest BCUT2D eigenvalue weighted by molar-refractivity contribution is -0.136. The zero-order valence-electron chi connectivity index (χ0n) is 11.2. The minimum atomic E-state index is -4.60. The van der Waals surface area contributed by atoms with Crippen LogP contribution in [0, 0.1) is 0 Å². The van der Waals surface area contributed by atoms with Gasteiger partial charge in [0.25, 0.3) is 0 Å². The van der Waals surface area contributed by atoms with Crippen LogP contribution in [0.1, 0.15) is 31.7 Å². The molecule has 0 aromatic heterocycles. The number of nitrogens with zero attached hydrogens (tertiary/aromatic N) is 1. The molecular formula is C13H17BF3NO2. The highest BCUT2D eigenvalue weighted by Gasteiger charge is 2.37. The van der Waals surface area contributed by atoms with Crippen LogP contribution >= 0.6 is 0 Å². The molecule has 110 valence electrons. The van der Waals surface area contributed by atoms with Gasteiger partial charge in [0.05, 0.1) is 5.56 Å². The maximum atomic E-state index is 13.0. The lowest BCUT2D eigenvalue weighted by Crippen LogP contribution is -2.39. The number of rotatable bonds is 2. The van der Waals surface area contributed by atoms with E-state index in [4.69, 9.17) is 10.0 Å². The summed E-state index contributed by atoms with van der Waals surface area (Å²) in [5, 5.41) is 18.1. The second-order valence-electron chi connectivity index (χ2n) is 5.18. The van der Waals surface area contributed by atoms with Crippen molar-refractivity contribution in [2.24, 2.45) is 0 Å². The lowest BCUT2D eigenvalue weighted by Gasteiger charge is -2.36. The van der Waals surface area contributed by atoms with Crippen LogP contribution in [0.4, 0.5) is 18.9 Å². The van der Waals surface area contributed by atoms with Gasteiger partial charge in [-0.05, 0) is 43.8 Å². The first-order valence-electron chi connectivity index (χ1n) is 6.64. The molecule has 1 atom stereocenters. The molecule has 0 bridgehead atoms. The molecule has 1 saturated heterocycles. The molecule has 7 heteroatoms. The molecule has 0 aliphatic carbocycles. The summed E-state index contributed by atoms with van der Waals surface area (Å²) < 4.78 is 39.0. The molecule has 1 aliphatic heterocycles. The third kappa shape index (κ3) is 3.09. The zero-order valence-corrected chi connectivity index (χ0v) is 11.2. The second-order valence-corrected chi connectivity index (χ2v) is 5.18. The van der Waals surface area contributed by atoms with Crippen LogP contribution in [0.5, 0.6) is 0 Å². The first-order valence-corrected chi connectivity index (χ1v) is 6.64. The molecule has 3 nitrogen and oxygen atoms in total. The largest absolute Gasteiger partial charge is 0.489 e. The van der Waals surface area contributed by atoms with Crippen LogP contribution < -0.4 is 10.4 Å². The molecule has 1 fully saturated rings. The van der Waals surface area contributed by atoms with Gasteiger partial charge in [-0.2, -0.15) is 13.2 Å². The summed E-state index contributed by atoms with van der Waals surface area (Å²) in [4.78, 5) is 1.94. The Morgan fingerprint density at radius 3 is 2.50 bits per heavy atom. The summed E-state index contributed by atoms with van der Waals surface area (Å²) in [6.07, 6.45) is -1.62. The molecule has 0 radical (unpaired) electrons. The fourth-order valence-electron chi connectivity index (χ4n) is 2.68. The standard InChI is InChI=1S/C13H17BF3NO2/c1-9-4-2-3-7-18(9)10-5-6-12(14(19)20)11(8-10)13(15,16)17/h5-6,8-9,19-20H,2-4,7H2,1H3. The predicted octanol–water partition coefficient (Wildman–Crippen LogP) is 1.76. The predicted molar refractivity (Wildman–Crippen MR) is 71.9 cm³/mol. The maximum Gasteiger partial charge on any atom is 0.489 e. The van der Waals surface area contributed by atoms with E-state index < -0.39 is 24.3 Å². The van der Waals surface area contributed by atoms with Gasteiger partial charge in [-0.25, -0.2) is 0 Å². The van der Waals surface area contributed by atoms with E-state index >= 15 is 0 Å². The Hall–Kier alpha value is -1.21. The van der Waals surface area contributed by atoms with Crippen LogP contribution in [-0.4, -0.2) is 29.8 Å². The Labute approximate surface area is 116 Å². The summed E-state index contributed by atoms with van der Waals surface area (Å²) in [5.41, 5.74) is -1.01. The third-order valence-corrected chi connectivity index (χ3v) is 3.76. The number of piperidine rings is 1. The SMILES string of the molecule is CC1CCCCN1c1ccc(B(O)O)c(C(F)(F)F)c1. The first-order chi connectivity index (χ1) is 9.30. The quantitative estimate of drug-likeness (QED) is 0.815. The van der Waals surface area contributed by atoms with Gasteiger partial charge in [-0.15, -0.1) is 0 Å². The summed E-state index contributed by atoms with van der Waals surface area (Å²) >= 11 is 0. The molecule has 1 aromatic rings. The fourth-order valence-corrected chi connectivity index (χ4v) is 2.68. The minimum absolute atomic E-state index is 0.190. The Kier molecular flexibility index (Phi) is 4.29. The highest BCUT2D eigenvalue weighted by molar-refractivity contribution is 6.59. The van der Waals surface area contributed by atoms with Crippen LogP contribution in [0.15, 0.2) is 18.2 Å². The molecule has 1 unspecified atom stereocenters. The van der Waals surface area contributed by atoms with Gasteiger partial charge in [0, 0.05) is 18.3 Å². The normalized spacial score (nSPS) is 20.1. The minimum Gasteiger partial charge on any atom is -0.423 e. The van der Waals surface area contributed by atoms with Crippen molar-refractivity contribution in [3.63, 3.8) is 0 Å². The van der Waals surface area contributed by atoms with E-state index in [1.807, 2.05) is 11.8 Å². The van der Waals surface area contributed by atoms with Crippen molar-refractivity contribution < 1.29 is 23.2 Å². The molecule has 0 amide bonds. The molecule has 0 saturated carbocycles. The van der Waals surface area contributed by atoms with Crippen molar-refractivity contribution in [2.75, 3.05) is 11.4 Å². The highest BCUT2D eigenvalue weighted by atomic mass is 19.4. The topological polar surface area (TPSA) is 43.7 Å². The number of alkyl halides is 3. The molecule has 2 rings (SSSR count). The van der Waals surface area contributed by atoms with Gasteiger partial charge in [-0.3, -0.25) is 0 Å². The van der Waals surface area contributed by atoms with Crippen molar-refractivity contribution in [3.8, 4) is 0 Å². The summed E-state index contributed by atoms with van der Waals surface area (Å²) in [7, 11) is -2.13. The van der Waals surface area contributed by atoms with Crippen molar-refractivity contribution in [1.29, 1.82) is 0 Å². The summed E-state index contributed by atoms with van der Waals surface area (Å²) in [5.74, 6) is 0. The maximum absolute atomic E-state index is 13.0. The Morgan fingerprint density at radius 2 is 1.95 bits per heavy atom. The van der Waals surface area contributed by atoms with E-state index in [-0.39, 0.29) is 6.04 Å². The summed E-state index contributed by atoms with van der Waals surface area (Å²) in [6.45, 7) is 2.71. The molecule has 1 aromatic carbocycles. The van der Waals surface area contributed by atoms with E-state index in [1.54, 1.807) is 0 Å². The van der Waals surface area contributed by atoms with Crippen molar-refractivity contribution in [3.05, 3.63) is 23.8 Å². The van der Waals surface area contributed by atoms with E-state index in [0.717, 1.165) is 37.9 Å². The number of benzene rings is 1. The summed E-state index contributed by atoms with van der Waals surface area (Å²) in [6, 6.07) is 3.86.